The standard InChI is InChI=1S/C16H16ClNO2/c1-8-2-5-11(7-12(8)17)18-15(19)13-9-3-4-10(6-9)14(13)16(18)20/h2,5,7,9-10,13-14H,3-4,6H2,1H3/t9-,10-,13-,14+/m0/s1. The highest BCUT2D eigenvalue weighted by atomic mass is 35.5. The van der Waals surface area contributed by atoms with E-state index >= 15 is 0 Å². The molecule has 4 heteroatoms. The maximum Gasteiger partial charge on any atom is 0.237 e. The van der Waals surface area contributed by atoms with E-state index in [2.05, 4.69) is 0 Å². The maximum absolute atomic E-state index is 12.6. The molecule has 0 spiro atoms. The van der Waals surface area contributed by atoms with Crippen LogP contribution in [0.2, 0.25) is 5.02 Å². The monoisotopic (exact) mass is 289 g/mol. The predicted molar refractivity (Wildman–Crippen MR) is 76.5 cm³/mol. The van der Waals surface area contributed by atoms with Gasteiger partial charge in [-0.05, 0) is 55.7 Å². The summed E-state index contributed by atoms with van der Waals surface area (Å²) < 4.78 is 0. The number of aryl methyl sites for hydroxylation is 1. The minimum absolute atomic E-state index is 0.00730. The third kappa shape index (κ3) is 1.47. The van der Waals surface area contributed by atoms with E-state index in [-0.39, 0.29) is 23.7 Å². The molecule has 0 N–H and O–H groups in total. The highest BCUT2D eigenvalue weighted by Crippen LogP contribution is 2.56. The molecule has 4 rings (SSSR count). The summed E-state index contributed by atoms with van der Waals surface area (Å²) in [6.45, 7) is 1.91. The number of carbonyl (C=O) groups is 2. The van der Waals surface area contributed by atoms with Gasteiger partial charge in [0, 0.05) is 5.02 Å². The summed E-state index contributed by atoms with van der Waals surface area (Å²) in [5, 5.41) is 0.600. The third-order valence-corrected chi connectivity index (χ3v) is 5.75. The third-order valence-electron chi connectivity index (χ3n) is 5.34. The molecule has 3 aliphatic rings. The molecule has 2 aliphatic carbocycles. The number of amides is 2. The summed E-state index contributed by atoms with van der Waals surface area (Å²) in [6.07, 6.45) is 3.27. The molecule has 0 aromatic heterocycles. The highest BCUT2D eigenvalue weighted by Gasteiger charge is 2.61. The normalized spacial score (nSPS) is 35.0. The molecule has 2 bridgehead atoms. The van der Waals surface area contributed by atoms with Crippen molar-refractivity contribution in [3.8, 4) is 0 Å². The fourth-order valence-corrected chi connectivity index (χ4v) is 4.56. The molecular weight excluding hydrogens is 274 g/mol. The Bertz CT molecular complexity index is 599. The first-order valence-electron chi connectivity index (χ1n) is 7.22. The van der Waals surface area contributed by atoms with Crippen molar-refractivity contribution in [1.82, 2.24) is 0 Å². The number of imide groups is 1. The molecule has 2 saturated carbocycles. The van der Waals surface area contributed by atoms with E-state index in [0.29, 0.717) is 22.5 Å². The average molecular weight is 290 g/mol. The van der Waals surface area contributed by atoms with Gasteiger partial charge in [-0.15, -0.1) is 0 Å². The van der Waals surface area contributed by atoms with Crippen molar-refractivity contribution < 1.29 is 9.59 Å². The minimum Gasteiger partial charge on any atom is -0.274 e. The first kappa shape index (κ1) is 12.4. The maximum atomic E-state index is 12.6. The van der Waals surface area contributed by atoms with Crippen molar-refractivity contribution >= 4 is 29.1 Å². The molecule has 1 aromatic rings. The SMILES string of the molecule is Cc1ccc(N2C(=O)[C@@H]3[C@H]4CC[C@@H](C4)[C@@H]3C2=O)cc1Cl. The van der Waals surface area contributed by atoms with E-state index in [1.807, 2.05) is 19.1 Å². The van der Waals surface area contributed by atoms with Gasteiger partial charge in [0.05, 0.1) is 17.5 Å². The summed E-state index contributed by atoms with van der Waals surface area (Å²) in [5.74, 6) is 0.696. The van der Waals surface area contributed by atoms with Gasteiger partial charge in [0.25, 0.3) is 0 Å². The molecule has 0 unspecified atom stereocenters. The molecule has 2 amide bonds. The Morgan fingerprint density at radius 3 is 2.25 bits per heavy atom. The lowest BCUT2D eigenvalue weighted by Gasteiger charge is -2.19. The molecule has 4 atom stereocenters. The van der Waals surface area contributed by atoms with E-state index in [1.54, 1.807) is 6.07 Å². The lowest BCUT2D eigenvalue weighted by molar-refractivity contribution is -0.123. The van der Waals surface area contributed by atoms with Gasteiger partial charge in [-0.3, -0.25) is 9.59 Å². The Morgan fingerprint density at radius 2 is 1.70 bits per heavy atom. The predicted octanol–water partition coefficient (Wildman–Crippen LogP) is 3.18. The Balaban J connectivity index is 1.74. The van der Waals surface area contributed by atoms with Crippen LogP contribution in [0.3, 0.4) is 0 Å². The molecule has 1 aliphatic heterocycles. The fourth-order valence-electron chi connectivity index (χ4n) is 4.38. The summed E-state index contributed by atoms with van der Waals surface area (Å²) in [5.41, 5.74) is 1.58. The van der Waals surface area contributed by atoms with E-state index in [4.69, 9.17) is 11.6 Å². The second kappa shape index (κ2) is 4.08. The van der Waals surface area contributed by atoms with Gasteiger partial charge >= 0.3 is 0 Å². The minimum atomic E-state index is -0.0682. The number of anilines is 1. The first-order valence-corrected chi connectivity index (χ1v) is 7.59. The van der Waals surface area contributed by atoms with E-state index in [9.17, 15) is 9.59 Å². The zero-order valence-electron chi connectivity index (χ0n) is 11.3. The van der Waals surface area contributed by atoms with Crippen LogP contribution in [0.4, 0.5) is 5.69 Å². The summed E-state index contributed by atoms with van der Waals surface area (Å²) in [7, 11) is 0. The molecule has 3 nitrogen and oxygen atoms in total. The van der Waals surface area contributed by atoms with Crippen molar-refractivity contribution in [2.75, 3.05) is 4.90 Å². The lowest BCUT2D eigenvalue weighted by Crippen LogP contribution is -2.32. The van der Waals surface area contributed by atoms with Crippen LogP contribution in [0.1, 0.15) is 24.8 Å². The molecule has 1 heterocycles. The molecule has 0 radical (unpaired) electrons. The van der Waals surface area contributed by atoms with Crippen molar-refractivity contribution in [3.63, 3.8) is 0 Å². The molecule has 1 saturated heterocycles. The number of nitrogens with zero attached hydrogens (tertiary/aromatic N) is 1. The molecule has 104 valence electrons. The number of hydrogen-bond donors (Lipinski definition) is 0. The Hall–Kier alpha value is -1.35. The van der Waals surface area contributed by atoms with Crippen LogP contribution < -0.4 is 4.90 Å². The smallest absolute Gasteiger partial charge is 0.237 e. The molecule has 3 fully saturated rings. The van der Waals surface area contributed by atoms with Gasteiger partial charge in [0.1, 0.15) is 0 Å². The summed E-state index contributed by atoms with van der Waals surface area (Å²) in [6, 6.07) is 5.41. The van der Waals surface area contributed by atoms with Crippen LogP contribution in [0.5, 0.6) is 0 Å². The first-order chi connectivity index (χ1) is 9.58. The Labute approximate surface area is 122 Å². The zero-order valence-corrected chi connectivity index (χ0v) is 12.1. The van der Waals surface area contributed by atoms with E-state index < -0.39 is 0 Å². The van der Waals surface area contributed by atoms with E-state index in [0.717, 1.165) is 24.8 Å². The highest BCUT2D eigenvalue weighted by molar-refractivity contribution is 6.32. The Kier molecular flexibility index (Phi) is 2.53. The topological polar surface area (TPSA) is 37.4 Å². The van der Waals surface area contributed by atoms with Crippen molar-refractivity contribution in [2.24, 2.45) is 23.7 Å². The van der Waals surface area contributed by atoms with Crippen LogP contribution in [-0.2, 0) is 9.59 Å². The molecule has 1 aromatic carbocycles. The number of hydrogen-bond acceptors (Lipinski definition) is 2. The van der Waals surface area contributed by atoms with Crippen LogP contribution in [0, 0.1) is 30.6 Å². The van der Waals surface area contributed by atoms with Gasteiger partial charge < -0.3 is 0 Å². The second-order valence-electron chi connectivity index (χ2n) is 6.33. The van der Waals surface area contributed by atoms with Gasteiger partial charge in [-0.2, -0.15) is 0 Å². The van der Waals surface area contributed by atoms with Crippen LogP contribution in [0.25, 0.3) is 0 Å². The Morgan fingerprint density at radius 1 is 1.10 bits per heavy atom. The molecular formula is C16H16ClNO2. The molecule has 20 heavy (non-hydrogen) atoms. The van der Waals surface area contributed by atoms with Crippen molar-refractivity contribution in [1.29, 1.82) is 0 Å². The van der Waals surface area contributed by atoms with Crippen molar-refractivity contribution in [3.05, 3.63) is 28.8 Å². The second-order valence-corrected chi connectivity index (χ2v) is 6.74. The largest absolute Gasteiger partial charge is 0.274 e. The fraction of sp³-hybridized carbons (Fsp3) is 0.500. The van der Waals surface area contributed by atoms with Gasteiger partial charge in [0.2, 0.25) is 11.8 Å². The van der Waals surface area contributed by atoms with Crippen LogP contribution >= 0.6 is 11.6 Å². The quantitative estimate of drug-likeness (QED) is 0.745. The van der Waals surface area contributed by atoms with Gasteiger partial charge in [-0.25, -0.2) is 4.90 Å². The van der Waals surface area contributed by atoms with E-state index in [1.165, 1.54) is 4.90 Å². The zero-order chi connectivity index (χ0) is 14.0. The number of halogens is 1. The lowest BCUT2D eigenvalue weighted by atomic mass is 9.81. The van der Waals surface area contributed by atoms with Crippen LogP contribution in [-0.4, -0.2) is 11.8 Å². The number of carbonyl (C=O) groups excluding carboxylic acids is 2. The van der Waals surface area contributed by atoms with Crippen molar-refractivity contribution in [2.45, 2.75) is 26.2 Å². The number of rotatable bonds is 1. The average Bonchev–Trinajstić information content (AvgIpc) is 3.08. The number of fused-ring (bicyclic) bond motifs is 5. The van der Waals surface area contributed by atoms with Gasteiger partial charge in [-0.1, -0.05) is 17.7 Å². The summed E-state index contributed by atoms with van der Waals surface area (Å²) in [4.78, 5) is 26.7. The van der Waals surface area contributed by atoms with Gasteiger partial charge in [0.15, 0.2) is 0 Å². The van der Waals surface area contributed by atoms with Crippen LogP contribution in [0.15, 0.2) is 18.2 Å². The summed E-state index contributed by atoms with van der Waals surface area (Å²) >= 11 is 6.13. The number of benzene rings is 1.